The number of rotatable bonds is 10. The number of nitrogens with zero attached hydrogens (tertiary/aromatic N) is 3. The van der Waals surface area contributed by atoms with Crippen molar-refractivity contribution in [3.8, 4) is 5.75 Å². The number of fused-ring (bicyclic) bond motifs is 1. The van der Waals surface area contributed by atoms with E-state index in [2.05, 4.69) is 37.6 Å². The van der Waals surface area contributed by atoms with Crippen molar-refractivity contribution in [2.45, 2.75) is 44.6 Å². The Morgan fingerprint density at radius 1 is 1.22 bits per heavy atom. The van der Waals surface area contributed by atoms with Gasteiger partial charge < -0.3 is 29.6 Å². The fourth-order valence-corrected chi connectivity index (χ4v) is 4.69. The molecule has 0 spiro atoms. The molecule has 5 rings (SSSR count). The van der Waals surface area contributed by atoms with Crippen LogP contribution in [0.15, 0.2) is 53.5 Å². The van der Waals surface area contributed by atoms with Crippen LogP contribution in [-0.4, -0.2) is 70.9 Å². The number of benzene rings is 1. The van der Waals surface area contributed by atoms with E-state index in [0.717, 1.165) is 57.0 Å². The summed E-state index contributed by atoms with van der Waals surface area (Å²) in [5.41, 5.74) is 3.66. The van der Waals surface area contributed by atoms with E-state index in [9.17, 15) is 9.90 Å². The monoisotopic (exact) mass is 507 g/mol. The third kappa shape index (κ3) is 7.06. The van der Waals surface area contributed by atoms with Gasteiger partial charge in [0.1, 0.15) is 18.1 Å². The highest BCUT2D eigenvalue weighted by molar-refractivity contribution is 5.93. The van der Waals surface area contributed by atoms with Gasteiger partial charge in [0.05, 0.1) is 12.3 Å². The van der Waals surface area contributed by atoms with E-state index in [1.807, 2.05) is 12.1 Å². The van der Waals surface area contributed by atoms with E-state index in [1.54, 1.807) is 18.5 Å². The maximum absolute atomic E-state index is 12.6. The van der Waals surface area contributed by atoms with Crippen LogP contribution in [0.1, 0.15) is 40.2 Å². The first-order valence-electron chi connectivity index (χ1n) is 12.7. The molecule has 37 heavy (non-hydrogen) atoms. The SMILES string of the molecule is O=C(NCC(O)CN1CCc2cc(OCc3cnco3)ccc2C1)c1cc(NC2CCOCC2)ccn1. The number of pyridine rings is 1. The van der Waals surface area contributed by atoms with Crippen LogP contribution in [0.5, 0.6) is 5.75 Å². The largest absolute Gasteiger partial charge is 0.486 e. The summed E-state index contributed by atoms with van der Waals surface area (Å²) in [6.07, 6.45) is 6.72. The van der Waals surface area contributed by atoms with E-state index < -0.39 is 6.10 Å². The van der Waals surface area contributed by atoms with E-state index in [4.69, 9.17) is 13.9 Å². The Morgan fingerprint density at radius 3 is 2.95 bits per heavy atom. The zero-order chi connectivity index (χ0) is 25.5. The molecule has 10 nitrogen and oxygen atoms in total. The second-order valence-corrected chi connectivity index (χ2v) is 9.50. The fourth-order valence-electron chi connectivity index (χ4n) is 4.69. The van der Waals surface area contributed by atoms with Crippen LogP contribution in [0.3, 0.4) is 0 Å². The third-order valence-electron chi connectivity index (χ3n) is 6.69. The minimum atomic E-state index is -0.682. The van der Waals surface area contributed by atoms with E-state index in [1.165, 1.54) is 17.5 Å². The summed E-state index contributed by atoms with van der Waals surface area (Å²) >= 11 is 0. The molecule has 1 aromatic carbocycles. The second-order valence-electron chi connectivity index (χ2n) is 9.50. The second kappa shape index (κ2) is 12.2. The van der Waals surface area contributed by atoms with Crippen molar-refractivity contribution in [2.24, 2.45) is 0 Å². The highest BCUT2D eigenvalue weighted by Gasteiger charge is 2.20. The highest BCUT2D eigenvalue weighted by atomic mass is 16.5. The molecule has 2 aliphatic heterocycles. The predicted molar refractivity (Wildman–Crippen MR) is 136 cm³/mol. The lowest BCUT2D eigenvalue weighted by atomic mass is 9.99. The van der Waals surface area contributed by atoms with Crippen LogP contribution >= 0.6 is 0 Å². The van der Waals surface area contributed by atoms with Crippen LogP contribution in [0.2, 0.25) is 0 Å². The number of aliphatic hydroxyl groups excluding tert-OH is 1. The summed E-state index contributed by atoms with van der Waals surface area (Å²) in [4.78, 5) is 22.9. The average Bonchev–Trinajstić information content (AvgIpc) is 3.45. The Balaban J connectivity index is 1.07. The third-order valence-corrected chi connectivity index (χ3v) is 6.69. The Morgan fingerprint density at radius 2 is 2.11 bits per heavy atom. The molecule has 1 unspecified atom stereocenters. The molecule has 4 heterocycles. The number of ether oxygens (including phenoxy) is 2. The molecule has 1 fully saturated rings. The lowest BCUT2D eigenvalue weighted by Gasteiger charge is -2.30. The molecule has 0 radical (unpaired) electrons. The summed E-state index contributed by atoms with van der Waals surface area (Å²) in [7, 11) is 0. The number of amides is 1. The normalized spacial score (nSPS) is 17.1. The number of carbonyl (C=O) groups is 1. The Hall–Kier alpha value is -3.47. The lowest BCUT2D eigenvalue weighted by molar-refractivity contribution is 0.0837. The van der Waals surface area contributed by atoms with Gasteiger partial charge in [-0.05, 0) is 54.7 Å². The Labute approximate surface area is 216 Å². The topological polar surface area (TPSA) is 122 Å². The van der Waals surface area contributed by atoms with Crippen molar-refractivity contribution in [1.29, 1.82) is 0 Å². The van der Waals surface area contributed by atoms with Gasteiger partial charge in [0.25, 0.3) is 5.91 Å². The van der Waals surface area contributed by atoms with Gasteiger partial charge in [-0.15, -0.1) is 0 Å². The molecular formula is C27H33N5O5. The number of hydrogen-bond donors (Lipinski definition) is 3. The first-order valence-corrected chi connectivity index (χ1v) is 12.7. The highest BCUT2D eigenvalue weighted by Crippen LogP contribution is 2.24. The maximum atomic E-state index is 12.6. The number of hydrogen-bond acceptors (Lipinski definition) is 9. The number of β-amino-alcohol motifs (C(OH)–C–C–N with tert-alkyl or cyclic N) is 1. The van der Waals surface area contributed by atoms with E-state index in [0.29, 0.717) is 30.6 Å². The van der Waals surface area contributed by atoms with Crippen molar-refractivity contribution < 1.29 is 23.8 Å². The summed E-state index contributed by atoms with van der Waals surface area (Å²) in [6, 6.07) is 10.0. The minimum absolute atomic E-state index is 0.163. The van der Waals surface area contributed by atoms with Gasteiger partial charge >= 0.3 is 0 Å². The van der Waals surface area contributed by atoms with Crippen molar-refractivity contribution >= 4 is 11.6 Å². The van der Waals surface area contributed by atoms with Crippen LogP contribution < -0.4 is 15.4 Å². The zero-order valence-electron chi connectivity index (χ0n) is 20.8. The summed E-state index contributed by atoms with van der Waals surface area (Å²) in [6.45, 7) is 4.04. The number of oxazole rings is 1. The fraction of sp³-hybridized carbons (Fsp3) is 0.444. The summed E-state index contributed by atoms with van der Waals surface area (Å²) in [5.74, 6) is 1.18. The number of carbonyl (C=O) groups excluding carboxylic acids is 1. The van der Waals surface area contributed by atoms with Gasteiger partial charge in [0.15, 0.2) is 12.2 Å². The minimum Gasteiger partial charge on any atom is -0.486 e. The first-order chi connectivity index (χ1) is 18.1. The summed E-state index contributed by atoms with van der Waals surface area (Å²) < 4.78 is 16.4. The summed E-state index contributed by atoms with van der Waals surface area (Å²) in [5, 5.41) is 16.9. The molecule has 10 heteroatoms. The predicted octanol–water partition coefficient (Wildman–Crippen LogP) is 2.39. The van der Waals surface area contributed by atoms with Crippen LogP contribution in [0.25, 0.3) is 0 Å². The molecule has 3 N–H and O–H groups in total. The van der Waals surface area contributed by atoms with Gasteiger partial charge in [-0.25, -0.2) is 4.98 Å². The number of aromatic nitrogens is 2. The van der Waals surface area contributed by atoms with Gasteiger partial charge in [0, 0.05) is 57.3 Å². The number of anilines is 1. The Bertz CT molecular complexity index is 1170. The molecular weight excluding hydrogens is 474 g/mol. The van der Waals surface area contributed by atoms with E-state index in [-0.39, 0.29) is 12.5 Å². The molecule has 1 saturated heterocycles. The van der Waals surface area contributed by atoms with Crippen molar-refractivity contribution in [2.75, 3.05) is 38.2 Å². The maximum Gasteiger partial charge on any atom is 0.270 e. The molecule has 1 atom stereocenters. The quantitative estimate of drug-likeness (QED) is 0.380. The first kappa shape index (κ1) is 25.2. The number of nitrogens with one attached hydrogen (secondary N) is 2. The zero-order valence-corrected chi connectivity index (χ0v) is 20.8. The van der Waals surface area contributed by atoms with Crippen LogP contribution in [-0.2, 0) is 24.3 Å². The molecule has 0 saturated carbocycles. The van der Waals surface area contributed by atoms with Crippen LogP contribution in [0.4, 0.5) is 5.69 Å². The van der Waals surface area contributed by atoms with Crippen LogP contribution in [0, 0.1) is 0 Å². The lowest BCUT2D eigenvalue weighted by Crippen LogP contribution is -2.42. The molecule has 2 aliphatic rings. The molecule has 0 aliphatic carbocycles. The molecule has 1 amide bonds. The van der Waals surface area contributed by atoms with Gasteiger partial charge in [0.2, 0.25) is 0 Å². The molecule has 3 aromatic rings. The van der Waals surface area contributed by atoms with Gasteiger partial charge in [-0.3, -0.25) is 14.7 Å². The Kier molecular flexibility index (Phi) is 8.29. The number of aliphatic hydroxyl groups is 1. The van der Waals surface area contributed by atoms with Gasteiger partial charge in [-0.1, -0.05) is 6.07 Å². The van der Waals surface area contributed by atoms with Crippen molar-refractivity contribution in [3.05, 3.63) is 71.7 Å². The molecule has 196 valence electrons. The smallest absolute Gasteiger partial charge is 0.270 e. The average molecular weight is 508 g/mol. The van der Waals surface area contributed by atoms with E-state index >= 15 is 0 Å². The standard InChI is InChI=1S/C27H33N5O5/c33-23(13-30-27(34)26-12-22(3-7-29-26)31-21-5-9-35-10-6-21)16-32-8-4-19-11-24(2-1-20(19)15-32)36-17-25-14-28-18-37-25/h1-3,7,11-12,14,18,21,23,33H,4-6,8-10,13,15-17H2,(H,29,31)(H,30,34). The molecule has 0 bridgehead atoms. The van der Waals surface area contributed by atoms with Crippen molar-refractivity contribution in [1.82, 2.24) is 20.2 Å². The van der Waals surface area contributed by atoms with Gasteiger partial charge in [-0.2, -0.15) is 0 Å². The van der Waals surface area contributed by atoms with Crippen molar-refractivity contribution in [3.63, 3.8) is 0 Å². The molecule has 2 aromatic heterocycles.